The Labute approximate surface area is 170 Å². The molecule has 0 aliphatic carbocycles. The van der Waals surface area contributed by atoms with Gasteiger partial charge in [0.15, 0.2) is 17.3 Å². The van der Waals surface area contributed by atoms with Crippen molar-refractivity contribution in [2.24, 2.45) is 0 Å². The summed E-state index contributed by atoms with van der Waals surface area (Å²) >= 11 is 0. The SMILES string of the molecule is CC(C)c1noc(CN2CCC(c3nnc4ccc(N5CCCC5)nn34)CC2)n1. The molecule has 0 amide bonds. The van der Waals surface area contributed by atoms with E-state index < -0.39 is 0 Å². The molecule has 0 saturated carbocycles. The van der Waals surface area contributed by atoms with Crippen molar-refractivity contribution in [1.82, 2.24) is 34.9 Å². The Morgan fingerprint density at radius 1 is 1.07 bits per heavy atom. The van der Waals surface area contributed by atoms with E-state index in [0.717, 1.165) is 62.1 Å². The second-order valence-corrected chi connectivity index (χ2v) is 8.47. The lowest BCUT2D eigenvalue weighted by Gasteiger charge is -2.29. The summed E-state index contributed by atoms with van der Waals surface area (Å²) in [4.78, 5) is 9.22. The first-order chi connectivity index (χ1) is 14.2. The zero-order valence-corrected chi connectivity index (χ0v) is 17.2. The zero-order valence-electron chi connectivity index (χ0n) is 17.2. The van der Waals surface area contributed by atoms with Gasteiger partial charge in [0.25, 0.3) is 0 Å². The Balaban J connectivity index is 1.26. The Hall–Kier alpha value is -2.55. The standard InChI is InChI=1S/C20H28N8O/c1-14(2)19-21-18(29-25-19)13-26-11-7-15(8-12-26)20-23-22-16-5-6-17(24-28(16)20)27-9-3-4-10-27/h5-6,14-15H,3-4,7-13H2,1-2H3. The molecule has 0 aromatic carbocycles. The van der Waals surface area contributed by atoms with Crippen LogP contribution in [0.3, 0.4) is 0 Å². The highest BCUT2D eigenvalue weighted by Gasteiger charge is 2.26. The van der Waals surface area contributed by atoms with Crippen LogP contribution in [0.25, 0.3) is 5.65 Å². The molecular formula is C20H28N8O. The molecule has 3 aromatic heterocycles. The second kappa shape index (κ2) is 7.70. The number of hydrogen-bond acceptors (Lipinski definition) is 8. The molecule has 0 bridgehead atoms. The first kappa shape index (κ1) is 18.5. The molecule has 2 fully saturated rings. The van der Waals surface area contributed by atoms with Crippen molar-refractivity contribution in [3.05, 3.63) is 29.7 Å². The minimum atomic E-state index is 0.289. The molecule has 9 heteroatoms. The molecular weight excluding hydrogens is 368 g/mol. The number of aromatic nitrogens is 6. The maximum atomic E-state index is 5.40. The summed E-state index contributed by atoms with van der Waals surface area (Å²) < 4.78 is 7.36. The van der Waals surface area contributed by atoms with Crippen molar-refractivity contribution in [3.8, 4) is 0 Å². The average molecular weight is 396 g/mol. The van der Waals surface area contributed by atoms with E-state index >= 15 is 0 Å². The summed E-state index contributed by atoms with van der Waals surface area (Å²) in [7, 11) is 0. The van der Waals surface area contributed by atoms with Crippen LogP contribution in [-0.4, -0.2) is 61.0 Å². The second-order valence-electron chi connectivity index (χ2n) is 8.47. The molecule has 2 aliphatic rings. The number of anilines is 1. The maximum absolute atomic E-state index is 5.40. The van der Waals surface area contributed by atoms with Gasteiger partial charge in [-0.25, -0.2) is 0 Å². The molecule has 5 heterocycles. The van der Waals surface area contributed by atoms with Crippen LogP contribution in [0.4, 0.5) is 5.82 Å². The Kier molecular flexibility index (Phi) is 4.91. The van der Waals surface area contributed by atoms with Crippen molar-refractivity contribution in [1.29, 1.82) is 0 Å². The van der Waals surface area contributed by atoms with Gasteiger partial charge in [0.05, 0.1) is 6.54 Å². The molecule has 9 nitrogen and oxygen atoms in total. The van der Waals surface area contributed by atoms with Crippen molar-refractivity contribution >= 4 is 11.5 Å². The summed E-state index contributed by atoms with van der Waals surface area (Å²) in [5.74, 6) is 4.17. The fourth-order valence-electron chi connectivity index (χ4n) is 4.27. The third kappa shape index (κ3) is 3.71. The third-order valence-electron chi connectivity index (χ3n) is 6.01. The van der Waals surface area contributed by atoms with Crippen molar-refractivity contribution in [2.75, 3.05) is 31.1 Å². The van der Waals surface area contributed by atoms with Crippen LogP contribution in [0.15, 0.2) is 16.7 Å². The van der Waals surface area contributed by atoms with Crippen LogP contribution in [0.5, 0.6) is 0 Å². The Bertz CT molecular complexity index is 966. The van der Waals surface area contributed by atoms with Gasteiger partial charge in [0, 0.05) is 24.9 Å². The molecule has 29 heavy (non-hydrogen) atoms. The smallest absolute Gasteiger partial charge is 0.240 e. The van der Waals surface area contributed by atoms with Gasteiger partial charge in [-0.1, -0.05) is 19.0 Å². The number of piperidine rings is 1. The van der Waals surface area contributed by atoms with Crippen LogP contribution in [0, 0.1) is 0 Å². The topological polar surface area (TPSA) is 88.5 Å². The van der Waals surface area contributed by atoms with E-state index in [-0.39, 0.29) is 5.92 Å². The van der Waals surface area contributed by atoms with Crippen molar-refractivity contribution < 1.29 is 4.52 Å². The van der Waals surface area contributed by atoms with E-state index in [4.69, 9.17) is 9.62 Å². The predicted molar refractivity (Wildman–Crippen MR) is 108 cm³/mol. The first-order valence-electron chi connectivity index (χ1n) is 10.7. The van der Waals surface area contributed by atoms with E-state index in [1.54, 1.807) is 0 Å². The van der Waals surface area contributed by atoms with E-state index in [2.05, 4.69) is 50.1 Å². The molecule has 0 spiro atoms. The highest BCUT2D eigenvalue weighted by Crippen LogP contribution is 2.28. The van der Waals surface area contributed by atoms with Gasteiger partial charge in [0.1, 0.15) is 5.82 Å². The minimum Gasteiger partial charge on any atom is -0.355 e. The van der Waals surface area contributed by atoms with Crippen LogP contribution in [0.1, 0.15) is 68.9 Å². The lowest BCUT2D eigenvalue weighted by molar-refractivity contribution is 0.178. The molecule has 0 N–H and O–H groups in total. The molecule has 0 atom stereocenters. The molecule has 0 unspecified atom stereocenters. The Morgan fingerprint density at radius 2 is 1.86 bits per heavy atom. The molecule has 2 saturated heterocycles. The monoisotopic (exact) mass is 396 g/mol. The summed E-state index contributed by atoms with van der Waals surface area (Å²) in [5, 5.41) is 17.8. The summed E-state index contributed by atoms with van der Waals surface area (Å²) in [6, 6.07) is 4.10. The van der Waals surface area contributed by atoms with E-state index in [9.17, 15) is 0 Å². The summed E-state index contributed by atoms with van der Waals surface area (Å²) in [6.07, 6.45) is 4.54. The Morgan fingerprint density at radius 3 is 2.59 bits per heavy atom. The van der Waals surface area contributed by atoms with Gasteiger partial charge >= 0.3 is 0 Å². The highest BCUT2D eigenvalue weighted by atomic mass is 16.5. The van der Waals surface area contributed by atoms with E-state index in [1.807, 2.05) is 10.6 Å². The predicted octanol–water partition coefficient (Wildman–Crippen LogP) is 2.61. The van der Waals surface area contributed by atoms with E-state index in [1.165, 1.54) is 12.8 Å². The number of likely N-dealkylation sites (tertiary alicyclic amines) is 1. The minimum absolute atomic E-state index is 0.289. The number of fused-ring (bicyclic) bond motifs is 1. The van der Waals surface area contributed by atoms with Crippen LogP contribution >= 0.6 is 0 Å². The van der Waals surface area contributed by atoms with Gasteiger partial charge in [-0.15, -0.1) is 15.3 Å². The zero-order chi connectivity index (χ0) is 19.8. The van der Waals surface area contributed by atoms with E-state index in [0.29, 0.717) is 18.4 Å². The summed E-state index contributed by atoms with van der Waals surface area (Å²) in [5.41, 5.74) is 0.831. The molecule has 0 radical (unpaired) electrons. The summed E-state index contributed by atoms with van der Waals surface area (Å²) in [6.45, 7) is 8.99. The van der Waals surface area contributed by atoms with Gasteiger partial charge in [-0.05, 0) is 50.9 Å². The maximum Gasteiger partial charge on any atom is 0.240 e. The van der Waals surface area contributed by atoms with Crippen LogP contribution in [-0.2, 0) is 6.54 Å². The first-order valence-corrected chi connectivity index (χ1v) is 10.7. The van der Waals surface area contributed by atoms with Gasteiger partial charge in [-0.3, -0.25) is 4.90 Å². The normalized spacial score (nSPS) is 19.1. The van der Waals surface area contributed by atoms with Crippen molar-refractivity contribution in [3.63, 3.8) is 0 Å². The molecule has 5 rings (SSSR count). The number of hydrogen-bond donors (Lipinski definition) is 0. The average Bonchev–Trinajstić information content (AvgIpc) is 3.49. The number of nitrogens with zero attached hydrogens (tertiary/aromatic N) is 8. The van der Waals surface area contributed by atoms with Gasteiger partial charge in [-0.2, -0.15) is 9.50 Å². The molecule has 2 aliphatic heterocycles. The lowest BCUT2D eigenvalue weighted by atomic mass is 9.96. The fourth-order valence-corrected chi connectivity index (χ4v) is 4.27. The quantitative estimate of drug-likeness (QED) is 0.650. The molecule has 3 aromatic rings. The highest BCUT2D eigenvalue weighted by molar-refractivity contribution is 5.46. The number of rotatable bonds is 5. The fraction of sp³-hybridized carbons (Fsp3) is 0.650. The van der Waals surface area contributed by atoms with Crippen molar-refractivity contribution in [2.45, 2.75) is 57.9 Å². The van der Waals surface area contributed by atoms with Gasteiger partial charge in [0.2, 0.25) is 5.89 Å². The third-order valence-corrected chi connectivity index (χ3v) is 6.01. The largest absolute Gasteiger partial charge is 0.355 e. The van der Waals surface area contributed by atoms with Crippen LogP contribution in [0.2, 0.25) is 0 Å². The lowest BCUT2D eigenvalue weighted by Crippen LogP contribution is -2.33. The molecule has 154 valence electrons. The van der Waals surface area contributed by atoms with Crippen LogP contribution < -0.4 is 4.90 Å². The van der Waals surface area contributed by atoms with Gasteiger partial charge < -0.3 is 9.42 Å².